The Bertz CT molecular complexity index is 490. The van der Waals surface area contributed by atoms with Crippen LogP contribution in [-0.2, 0) is 19.3 Å². The summed E-state index contributed by atoms with van der Waals surface area (Å²) in [5.41, 5.74) is 0.683. The van der Waals surface area contributed by atoms with E-state index >= 15 is 0 Å². The summed E-state index contributed by atoms with van der Waals surface area (Å²) >= 11 is 0. The highest BCUT2D eigenvalue weighted by Crippen LogP contribution is 2.11. The Morgan fingerprint density at radius 1 is 1.33 bits per heavy atom. The lowest BCUT2D eigenvalue weighted by Gasteiger charge is -2.14. The van der Waals surface area contributed by atoms with Crippen molar-refractivity contribution in [2.45, 2.75) is 11.8 Å². The molecule has 0 spiro atoms. The first-order valence-electron chi connectivity index (χ1n) is 5.60. The topological polar surface area (TPSA) is 55.8 Å². The molecule has 0 fully saturated rings. The fraction of sp³-hybridized carbons (Fsp3) is 0.455. The van der Waals surface area contributed by atoms with E-state index in [-0.39, 0.29) is 4.90 Å². The Morgan fingerprint density at radius 2 is 2.00 bits per heavy atom. The monoisotopic (exact) mass is 271 g/mol. The van der Waals surface area contributed by atoms with Crippen molar-refractivity contribution in [1.29, 1.82) is 0 Å². The minimum atomic E-state index is -3.43. The van der Waals surface area contributed by atoms with Gasteiger partial charge in [0.2, 0.25) is 10.0 Å². The summed E-state index contributed by atoms with van der Waals surface area (Å²) in [4.78, 5) is 0.228. The molecule has 0 N–H and O–H groups in total. The summed E-state index contributed by atoms with van der Waals surface area (Å²) in [5.74, 6) is 0. The number of nitrogens with zero attached hydrogens (tertiary/aromatic N) is 1. The fourth-order valence-corrected chi connectivity index (χ4v) is 2.44. The summed E-state index contributed by atoms with van der Waals surface area (Å²) in [6.07, 6.45) is 0. The van der Waals surface area contributed by atoms with Gasteiger partial charge in [-0.15, -0.1) is 0 Å². The summed E-state index contributed by atoms with van der Waals surface area (Å²) in [6.45, 7) is 2.34. The van der Waals surface area contributed by atoms with E-state index in [4.69, 9.17) is 9.31 Å². The molecule has 0 amide bonds. The Balaban J connectivity index is 3.13. The molecule has 100 valence electrons. The van der Waals surface area contributed by atoms with Crippen molar-refractivity contribution in [2.75, 3.05) is 27.8 Å². The first-order valence-corrected chi connectivity index (χ1v) is 7.04. The van der Waals surface area contributed by atoms with E-state index in [1.165, 1.54) is 25.5 Å². The summed E-state index contributed by atoms with van der Waals surface area (Å²) in [6, 6.07) is 6.58. The van der Waals surface area contributed by atoms with Crippen LogP contribution >= 0.6 is 0 Å². The van der Waals surface area contributed by atoms with Crippen LogP contribution in [0.5, 0.6) is 0 Å². The molecule has 1 rings (SSSR count). The lowest BCUT2D eigenvalue weighted by molar-refractivity contribution is 0.253. The van der Waals surface area contributed by atoms with Gasteiger partial charge in [0.1, 0.15) is 0 Å². The van der Waals surface area contributed by atoms with Gasteiger partial charge in [0, 0.05) is 27.8 Å². The van der Waals surface area contributed by atoms with Crippen molar-refractivity contribution in [3.05, 3.63) is 24.3 Å². The van der Waals surface area contributed by atoms with Gasteiger partial charge in [0.05, 0.1) is 4.90 Å². The third-order valence-electron chi connectivity index (χ3n) is 2.44. The zero-order valence-corrected chi connectivity index (χ0v) is 11.9. The minimum Gasteiger partial charge on any atom is -0.410 e. The summed E-state index contributed by atoms with van der Waals surface area (Å²) in [7, 11) is 0.535. The van der Waals surface area contributed by atoms with Crippen LogP contribution in [0, 0.1) is 0 Å². The van der Waals surface area contributed by atoms with E-state index < -0.39 is 17.1 Å². The zero-order chi connectivity index (χ0) is 13.8. The maximum absolute atomic E-state index is 12.0. The Labute approximate surface area is 109 Å². The first-order chi connectivity index (χ1) is 8.43. The van der Waals surface area contributed by atoms with Gasteiger partial charge in [-0.1, -0.05) is 12.1 Å². The van der Waals surface area contributed by atoms with Crippen LogP contribution in [0.2, 0.25) is 0 Å². The van der Waals surface area contributed by atoms with E-state index in [1.54, 1.807) is 24.3 Å². The van der Waals surface area contributed by atoms with Gasteiger partial charge in [0.25, 0.3) is 0 Å². The van der Waals surface area contributed by atoms with E-state index in [2.05, 4.69) is 0 Å². The Hall–Kier alpha value is -0.885. The van der Waals surface area contributed by atoms with E-state index in [1.807, 2.05) is 6.92 Å². The molecule has 0 aliphatic carbocycles. The quantitative estimate of drug-likeness (QED) is 0.699. The molecule has 1 aromatic carbocycles. The molecule has 0 aliphatic heterocycles. The number of hydrogen-bond acceptors (Lipinski definition) is 4. The fourth-order valence-electron chi connectivity index (χ4n) is 1.48. The molecule has 5 nitrogen and oxygen atoms in total. The molecule has 0 heterocycles. The third kappa shape index (κ3) is 3.32. The molecule has 0 aromatic heterocycles. The largest absolute Gasteiger partial charge is 0.493 e. The molecule has 18 heavy (non-hydrogen) atoms. The van der Waals surface area contributed by atoms with Crippen molar-refractivity contribution in [3.63, 3.8) is 0 Å². The van der Waals surface area contributed by atoms with Crippen LogP contribution in [0.3, 0.4) is 0 Å². The van der Waals surface area contributed by atoms with Crippen LogP contribution in [0.15, 0.2) is 29.2 Å². The van der Waals surface area contributed by atoms with Gasteiger partial charge < -0.3 is 9.31 Å². The predicted molar refractivity (Wildman–Crippen MR) is 71.3 cm³/mol. The van der Waals surface area contributed by atoms with Gasteiger partial charge in [-0.25, -0.2) is 12.7 Å². The molecule has 7 heteroatoms. The number of benzene rings is 1. The highest BCUT2D eigenvalue weighted by Gasteiger charge is 2.23. The van der Waals surface area contributed by atoms with Crippen molar-refractivity contribution in [2.24, 2.45) is 0 Å². The molecular formula is C11H18BNO4S. The van der Waals surface area contributed by atoms with E-state index in [0.717, 1.165) is 0 Å². The maximum Gasteiger partial charge on any atom is 0.493 e. The summed E-state index contributed by atoms with van der Waals surface area (Å²) < 4.78 is 35.7. The van der Waals surface area contributed by atoms with Crippen LogP contribution in [0.25, 0.3) is 0 Å². The average molecular weight is 271 g/mol. The molecule has 0 saturated carbocycles. The van der Waals surface area contributed by atoms with Gasteiger partial charge in [-0.05, 0) is 24.5 Å². The molecule has 0 unspecified atom stereocenters. The van der Waals surface area contributed by atoms with Gasteiger partial charge >= 0.3 is 7.12 Å². The van der Waals surface area contributed by atoms with Crippen LogP contribution in [-0.4, -0.2) is 47.7 Å². The highest BCUT2D eigenvalue weighted by atomic mass is 32.2. The van der Waals surface area contributed by atoms with Crippen LogP contribution < -0.4 is 5.46 Å². The second kappa shape index (κ2) is 6.33. The Kier molecular flexibility index (Phi) is 5.34. The number of hydrogen-bond donors (Lipinski definition) is 0. The average Bonchev–Trinajstić information content (AvgIpc) is 2.35. The maximum atomic E-state index is 12.0. The first kappa shape index (κ1) is 15.2. The van der Waals surface area contributed by atoms with E-state index in [9.17, 15) is 8.42 Å². The minimum absolute atomic E-state index is 0.228. The van der Waals surface area contributed by atoms with Gasteiger partial charge in [0.15, 0.2) is 0 Å². The molecule has 1 aromatic rings. The van der Waals surface area contributed by atoms with Crippen molar-refractivity contribution in [3.8, 4) is 0 Å². The number of sulfonamides is 1. The Morgan fingerprint density at radius 3 is 2.50 bits per heavy atom. The van der Waals surface area contributed by atoms with E-state index in [0.29, 0.717) is 12.1 Å². The standard InChI is InChI=1S/C11H18BNO4S/c1-5-17-12(16-4)10-7-6-8-11(9-10)18(14,15)13(2)3/h6-9H,5H2,1-4H3. The molecule has 0 radical (unpaired) electrons. The SMILES string of the molecule is CCOB(OC)c1cccc(S(=O)(=O)N(C)C)c1. The molecule has 0 atom stereocenters. The molecular weight excluding hydrogens is 253 g/mol. The predicted octanol–water partition coefficient (Wildman–Crippen LogP) is 0.315. The summed E-state index contributed by atoms with van der Waals surface area (Å²) in [5, 5.41) is 0. The van der Waals surface area contributed by atoms with Gasteiger partial charge in [-0.2, -0.15) is 0 Å². The van der Waals surface area contributed by atoms with Crippen molar-refractivity contribution in [1.82, 2.24) is 4.31 Å². The highest BCUT2D eigenvalue weighted by molar-refractivity contribution is 7.89. The smallest absolute Gasteiger partial charge is 0.410 e. The molecule has 0 saturated heterocycles. The van der Waals surface area contributed by atoms with Crippen molar-refractivity contribution < 1.29 is 17.7 Å². The third-order valence-corrected chi connectivity index (χ3v) is 4.25. The lowest BCUT2D eigenvalue weighted by atomic mass is 9.79. The second-order valence-corrected chi connectivity index (χ2v) is 6.03. The lowest BCUT2D eigenvalue weighted by Crippen LogP contribution is -2.36. The second-order valence-electron chi connectivity index (χ2n) is 3.88. The zero-order valence-electron chi connectivity index (χ0n) is 11.1. The molecule has 0 bridgehead atoms. The van der Waals surface area contributed by atoms with Crippen molar-refractivity contribution >= 4 is 22.6 Å². The van der Waals surface area contributed by atoms with Crippen LogP contribution in [0.1, 0.15) is 6.92 Å². The molecule has 0 aliphatic rings. The van der Waals surface area contributed by atoms with Gasteiger partial charge in [-0.3, -0.25) is 0 Å². The van der Waals surface area contributed by atoms with Crippen LogP contribution in [0.4, 0.5) is 0 Å². The normalized spacial score (nSPS) is 11.8. The number of rotatable bonds is 6.